The minimum atomic E-state index is 0.177. The van der Waals surface area contributed by atoms with Gasteiger partial charge in [0, 0.05) is 57.1 Å². The van der Waals surface area contributed by atoms with Crippen LogP contribution in [0.5, 0.6) is 0 Å². The molecule has 0 spiro atoms. The molecular weight excluding hydrogens is 266 g/mol. The van der Waals surface area contributed by atoms with E-state index in [-0.39, 0.29) is 5.91 Å². The predicted molar refractivity (Wildman–Crippen MR) is 82.0 cm³/mol. The highest BCUT2D eigenvalue weighted by Crippen LogP contribution is 2.16. The lowest BCUT2D eigenvalue weighted by molar-refractivity contribution is -0.130. The molecule has 0 aromatic rings. The van der Waals surface area contributed by atoms with Crippen molar-refractivity contribution in [3.63, 3.8) is 0 Å². The highest BCUT2D eigenvalue weighted by Gasteiger charge is 2.19. The molecule has 1 heterocycles. The molecule has 18 heavy (non-hydrogen) atoms. The molecule has 6 heteroatoms. The summed E-state index contributed by atoms with van der Waals surface area (Å²) in [5, 5.41) is 0. The topological polar surface area (TPSA) is 49.6 Å². The Morgan fingerprint density at radius 3 is 2.89 bits per heavy atom. The van der Waals surface area contributed by atoms with Crippen molar-refractivity contribution in [2.45, 2.75) is 25.8 Å². The molecule has 0 radical (unpaired) electrons. The molecular formula is C12H23N3OS2. The van der Waals surface area contributed by atoms with Gasteiger partial charge in [-0.1, -0.05) is 12.2 Å². The molecule has 1 atom stereocenters. The highest BCUT2D eigenvalue weighted by molar-refractivity contribution is 7.99. The Hall–Kier alpha value is -0.330. The summed E-state index contributed by atoms with van der Waals surface area (Å²) in [4.78, 5) is 16.5. The fraction of sp³-hybridized carbons (Fsp3) is 0.833. The van der Waals surface area contributed by atoms with Crippen molar-refractivity contribution in [1.29, 1.82) is 0 Å². The number of nitrogens with two attached hydrogens (primary N) is 1. The molecule has 2 N–H and O–H groups in total. The number of carbonyl (C=O) groups is 1. The first-order chi connectivity index (χ1) is 8.50. The van der Waals surface area contributed by atoms with Gasteiger partial charge in [0.05, 0.1) is 4.99 Å². The molecule has 1 rings (SSSR count). The van der Waals surface area contributed by atoms with Crippen LogP contribution in [0, 0.1) is 0 Å². The second-order valence-electron chi connectivity index (χ2n) is 4.74. The van der Waals surface area contributed by atoms with Crippen molar-refractivity contribution in [2.75, 3.05) is 38.2 Å². The summed E-state index contributed by atoms with van der Waals surface area (Å²) in [5.41, 5.74) is 5.43. The largest absolute Gasteiger partial charge is 0.393 e. The van der Waals surface area contributed by atoms with Crippen LogP contribution in [0.25, 0.3) is 0 Å². The second kappa shape index (κ2) is 7.96. The Labute approximate surface area is 119 Å². The molecule has 1 saturated heterocycles. The Morgan fingerprint density at radius 2 is 2.28 bits per heavy atom. The Bertz CT molecular complexity index is 299. The van der Waals surface area contributed by atoms with Gasteiger partial charge < -0.3 is 10.6 Å². The molecule has 4 nitrogen and oxygen atoms in total. The van der Waals surface area contributed by atoms with Crippen molar-refractivity contribution in [1.82, 2.24) is 9.80 Å². The smallest absolute Gasteiger partial charge is 0.223 e. The average Bonchev–Trinajstić information content (AvgIpc) is 2.34. The van der Waals surface area contributed by atoms with Crippen LogP contribution < -0.4 is 5.73 Å². The number of nitrogens with zero attached hydrogens (tertiary/aromatic N) is 2. The standard InChI is InChI=1S/C12H23N3OS2/c1-10-9-18-8-7-15(10)6-4-12(16)14(2)5-3-11(13)17/h10H,3-9H2,1-2H3,(H2,13,17). The van der Waals surface area contributed by atoms with Crippen LogP contribution in [-0.2, 0) is 4.79 Å². The summed E-state index contributed by atoms with van der Waals surface area (Å²) in [6, 6.07) is 0.582. The fourth-order valence-electron chi connectivity index (χ4n) is 1.93. The van der Waals surface area contributed by atoms with Crippen molar-refractivity contribution in [3.8, 4) is 0 Å². The van der Waals surface area contributed by atoms with Crippen LogP contribution in [0.3, 0.4) is 0 Å². The minimum absolute atomic E-state index is 0.177. The Balaban J connectivity index is 2.24. The number of thioether (sulfide) groups is 1. The summed E-state index contributed by atoms with van der Waals surface area (Å²) >= 11 is 6.81. The third-order valence-electron chi connectivity index (χ3n) is 3.24. The van der Waals surface area contributed by atoms with E-state index in [0.717, 1.165) is 13.1 Å². The van der Waals surface area contributed by atoms with E-state index in [1.54, 1.807) is 4.90 Å². The highest BCUT2D eigenvalue weighted by atomic mass is 32.2. The van der Waals surface area contributed by atoms with Crippen LogP contribution in [0.4, 0.5) is 0 Å². The third-order valence-corrected chi connectivity index (χ3v) is 4.63. The van der Waals surface area contributed by atoms with Gasteiger partial charge in [-0.2, -0.15) is 11.8 Å². The molecule has 1 unspecified atom stereocenters. The summed E-state index contributed by atoms with van der Waals surface area (Å²) in [5.74, 6) is 2.53. The maximum Gasteiger partial charge on any atom is 0.223 e. The van der Waals surface area contributed by atoms with Gasteiger partial charge in [0.15, 0.2) is 0 Å². The molecule has 1 aliphatic heterocycles. The molecule has 0 bridgehead atoms. The first kappa shape index (κ1) is 15.7. The van der Waals surface area contributed by atoms with Crippen molar-refractivity contribution >= 4 is 34.9 Å². The van der Waals surface area contributed by atoms with Gasteiger partial charge in [-0.25, -0.2) is 0 Å². The van der Waals surface area contributed by atoms with Gasteiger partial charge in [-0.05, 0) is 6.92 Å². The Kier molecular flexibility index (Phi) is 6.96. The first-order valence-corrected chi connectivity index (χ1v) is 7.91. The van der Waals surface area contributed by atoms with E-state index in [1.807, 2.05) is 18.8 Å². The molecule has 1 amide bonds. The lowest BCUT2D eigenvalue weighted by Gasteiger charge is -2.33. The molecule has 1 aliphatic rings. The first-order valence-electron chi connectivity index (χ1n) is 6.34. The van der Waals surface area contributed by atoms with Gasteiger partial charge in [0.2, 0.25) is 5.91 Å². The second-order valence-corrected chi connectivity index (χ2v) is 6.42. The lowest BCUT2D eigenvalue weighted by atomic mass is 10.2. The van der Waals surface area contributed by atoms with E-state index >= 15 is 0 Å². The van der Waals surface area contributed by atoms with Crippen molar-refractivity contribution in [2.24, 2.45) is 5.73 Å². The molecule has 0 aliphatic carbocycles. The fourth-order valence-corrected chi connectivity index (χ4v) is 3.10. The monoisotopic (exact) mass is 289 g/mol. The van der Waals surface area contributed by atoms with Gasteiger partial charge in [-0.15, -0.1) is 0 Å². The van der Waals surface area contributed by atoms with Gasteiger partial charge in [0.25, 0.3) is 0 Å². The number of carbonyl (C=O) groups excluding carboxylic acids is 1. The maximum absolute atomic E-state index is 11.9. The number of rotatable bonds is 6. The number of hydrogen-bond donors (Lipinski definition) is 1. The van der Waals surface area contributed by atoms with Crippen LogP contribution in [0.15, 0.2) is 0 Å². The zero-order valence-corrected chi connectivity index (χ0v) is 12.9. The zero-order valence-electron chi connectivity index (χ0n) is 11.2. The zero-order chi connectivity index (χ0) is 13.5. The quantitative estimate of drug-likeness (QED) is 0.738. The molecule has 0 aromatic carbocycles. The van der Waals surface area contributed by atoms with Crippen molar-refractivity contribution < 1.29 is 4.79 Å². The molecule has 0 saturated carbocycles. The predicted octanol–water partition coefficient (Wildman–Crippen LogP) is 0.948. The van der Waals surface area contributed by atoms with E-state index < -0.39 is 0 Å². The lowest BCUT2D eigenvalue weighted by Crippen LogP contribution is -2.42. The number of thiocarbonyl (C=S) groups is 1. The molecule has 0 aromatic heterocycles. The summed E-state index contributed by atoms with van der Waals surface area (Å²) in [6.07, 6.45) is 1.19. The van der Waals surface area contributed by atoms with E-state index in [2.05, 4.69) is 11.8 Å². The van der Waals surface area contributed by atoms with Gasteiger partial charge >= 0.3 is 0 Å². The summed E-state index contributed by atoms with van der Waals surface area (Å²) in [7, 11) is 1.82. The van der Waals surface area contributed by atoms with Gasteiger partial charge in [0.1, 0.15) is 0 Å². The normalized spacial score (nSPS) is 20.7. The molecule has 104 valence electrons. The number of amides is 1. The van der Waals surface area contributed by atoms with E-state index in [9.17, 15) is 4.79 Å². The number of hydrogen-bond acceptors (Lipinski definition) is 4. The van der Waals surface area contributed by atoms with Crippen LogP contribution in [-0.4, -0.2) is 64.9 Å². The average molecular weight is 289 g/mol. The van der Waals surface area contributed by atoms with Crippen molar-refractivity contribution in [3.05, 3.63) is 0 Å². The molecule has 1 fully saturated rings. The van der Waals surface area contributed by atoms with E-state index in [0.29, 0.717) is 30.4 Å². The summed E-state index contributed by atoms with van der Waals surface area (Å²) < 4.78 is 0. The third kappa shape index (κ3) is 5.54. The maximum atomic E-state index is 11.9. The van der Waals surface area contributed by atoms with E-state index in [4.69, 9.17) is 18.0 Å². The Morgan fingerprint density at radius 1 is 1.56 bits per heavy atom. The van der Waals surface area contributed by atoms with Gasteiger partial charge in [-0.3, -0.25) is 9.69 Å². The van der Waals surface area contributed by atoms with E-state index in [1.165, 1.54) is 11.5 Å². The summed E-state index contributed by atoms with van der Waals surface area (Å²) in [6.45, 7) is 4.81. The SMILES string of the molecule is CC1CSCCN1CCC(=O)N(C)CCC(N)=S. The van der Waals surface area contributed by atoms with Crippen LogP contribution in [0.2, 0.25) is 0 Å². The van der Waals surface area contributed by atoms with Crippen LogP contribution in [0.1, 0.15) is 19.8 Å². The van der Waals surface area contributed by atoms with Crippen LogP contribution >= 0.6 is 24.0 Å². The minimum Gasteiger partial charge on any atom is -0.393 e.